The van der Waals surface area contributed by atoms with Crippen molar-refractivity contribution in [3.63, 3.8) is 0 Å². The summed E-state index contributed by atoms with van der Waals surface area (Å²) in [7, 11) is 0. The molecule has 1 heterocycles. The lowest BCUT2D eigenvalue weighted by Gasteiger charge is -2.26. The van der Waals surface area contributed by atoms with E-state index in [9.17, 15) is 0 Å². The number of nitrogens with zero attached hydrogens (tertiary/aromatic N) is 2. The third-order valence-electron chi connectivity index (χ3n) is 2.55. The first-order chi connectivity index (χ1) is 7.69. The number of pyridine rings is 1. The molecule has 0 saturated carbocycles. The minimum Gasteiger partial charge on any atom is -0.356 e. The molecular weight excluding hydrogens is 198 g/mol. The predicted octanol–water partition coefficient (Wildman–Crippen LogP) is 2.07. The quantitative estimate of drug-likeness (QED) is 0.799. The van der Waals surface area contributed by atoms with E-state index in [-0.39, 0.29) is 0 Å². The fourth-order valence-corrected chi connectivity index (χ4v) is 1.87. The van der Waals surface area contributed by atoms with Gasteiger partial charge in [-0.05, 0) is 37.4 Å². The minimum atomic E-state index is 0.646. The van der Waals surface area contributed by atoms with Gasteiger partial charge in [0.1, 0.15) is 5.82 Å². The number of anilines is 1. The molecule has 1 aromatic heterocycles. The van der Waals surface area contributed by atoms with Crippen molar-refractivity contribution < 1.29 is 0 Å². The van der Waals surface area contributed by atoms with E-state index in [2.05, 4.69) is 36.7 Å². The highest BCUT2D eigenvalue weighted by Gasteiger charge is 2.11. The van der Waals surface area contributed by atoms with Crippen LogP contribution in [-0.2, 0) is 6.42 Å². The van der Waals surface area contributed by atoms with Gasteiger partial charge in [-0.15, -0.1) is 0 Å². The maximum atomic E-state index is 5.63. The normalized spacial score (nSPS) is 10.8. The van der Waals surface area contributed by atoms with Crippen LogP contribution in [-0.4, -0.2) is 24.6 Å². The van der Waals surface area contributed by atoms with Crippen molar-refractivity contribution in [3.8, 4) is 0 Å². The molecule has 1 aromatic rings. The van der Waals surface area contributed by atoms with Crippen LogP contribution in [0.15, 0.2) is 18.3 Å². The molecule has 3 heteroatoms. The smallest absolute Gasteiger partial charge is 0.131 e. The lowest BCUT2D eigenvalue weighted by Crippen LogP contribution is -2.29. The van der Waals surface area contributed by atoms with Crippen LogP contribution in [0.3, 0.4) is 0 Å². The Morgan fingerprint density at radius 2 is 2.19 bits per heavy atom. The maximum absolute atomic E-state index is 5.63. The third-order valence-corrected chi connectivity index (χ3v) is 2.55. The first kappa shape index (κ1) is 13.0. The topological polar surface area (TPSA) is 42.2 Å². The molecule has 0 atom stereocenters. The van der Waals surface area contributed by atoms with Crippen molar-refractivity contribution in [2.75, 3.05) is 24.5 Å². The molecule has 3 nitrogen and oxygen atoms in total. The molecule has 0 aliphatic heterocycles. The predicted molar refractivity (Wildman–Crippen MR) is 69.7 cm³/mol. The zero-order valence-electron chi connectivity index (χ0n) is 10.6. The summed E-state index contributed by atoms with van der Waals surface area (Å²) in [6.45, 7) is 9.35. The Morgan fingerprint density at radius 3 is 2.75 bits per heavy atom. The largest absolute Gasteiger partial charge is 0.356 e. The van der Waals surface area contributed by atoms with Gasteiger partial charge in [0, 0.05) is 19.3 Å². The summed E-state index contributed by atoms with van der Waals surface area (Å²) >= 11 is 0. The van der Waals surface area contributed by atoms with Gasteiger partial charge >= 0.3 is 0 Å². The van der Waals surface area contributed by atoms with Crippen molar-refractivity contribution in [1.82, 2.24) is 4.98 Å². The average Bonchev–Trinajstić information content (AvgIpc) is 2.27. The molecular formula is C13H23N3. The highest BCUT2D eigenvalue weighted by atomic mass is 15.2. The summed E-state index contributed by atoms with van der Waals surface area (Å²) < 4.78 is 0. The Labute approximate surface area is 98.7 Å². The van der Waals surface area contributed by atoms with Crippen LogP contribution < -0.4 is 10.6 Å². The van der Waals surface area contributed by atoms with Crippen molar-refractivity contribution in [3.05, 3.63) is 23.9 Å². The van der Waals surface area contributed by atoms with E-state index in [1.807, 2.05) is 12.3 Å². The molecule has 1 rings (SSSR count). The SMILES string of the molecule is CCN(CC(C)C)c1ncccc1CCN. The van der Waals surface area contributed by atoms with Crippen molar-refractivity contribution in [2.45, 2.75) is 27.2 Å². The first-order valence-corrected chi connectivity index (χ1v) is 6.08. The zero-order chi connectivity index (χ0) is 12.0. The van der Waals surface area contributed by atoms with E-state index in [0.717, 1.165) is 25.3 Å². The van der Waals surface area contributed by atoms with E-state index in [0.29, 0.717) is 12.5 Å². The molecule has 2 N–H and O–H groups in total. The number of hydrogen-bond acceptors (Lipinski definition) is 3. The van der Waals surface area contributed by atoms with Crippen LogP contribution in [0.5, 0.6) is 0 Å². The van der Waals surface area contributed by atoms with Gasteiger partial charge in [-0.2, -0.15) is 0 Å². The summed E-state index contributed by atoms with van der Waals surface area (Å²) in [5.41, 5.74) is 6.88. The van der Waals surface area contributed by atoms with E-state index in [1.54, 1.807) is 0 Å². The van der Waals surface area contributed by atoms with Gasteiger partial charge in [0.25, 0.3) is 0 Å². The minimum absolute atomic E-state index is 0.646. The highest BCUT2D eigenvalue weighted by molar-refractivity contribution is 5.46. The zero-order valence-corrected chi connectivity index (χ0v) is 10.6. The first-order valence-electron chi connectivity index (χ1n) is 6.08. The molecule has 0 aliphatic carbocycles. The van der Waals surface area contributed by atoms with Gasteiger partial charge in [0.2, 0.25) is 0 Å². The molecule has 0 aromatic carbocycles. The fraction of sp³-hybridized carbons (Fsp3) is 0.615. The molecule has 0 aliphatic rings. The Balaban J connectivity index is 2.89. The van der Waals surface area contributed by atoms with Gasteiger partial charge in [-0.1, -0.05) is 19.9 Å². The Hall–Kier alpha value is -1.09. The van der Waals surface area contributed by atoms with Crippen LogP contribution in [0.2, 0.25) is 0 Å². The highest BCUT2D eigenvalue weighted by Crippen LogP contribution is 2.18. The van der Waals surface area contributed by atoms with Crippen LogP contribution in [0.1, 0.15) is 26.3 Å². The molecule has 0 unspecified atom stereocenters. The number of rotatable bonds is 6. The summed E-state index contributed by atoms with van der Waals surface area (Å²) in [6, 6.07) is 4.11. The molecule has 0 amide bonds. The van der Waals surface area contributed by atoms with Crippen LogP contribution >= 0.6 is 0 Å². The second-order valence-electron chi connectivity index (χ2n) is 4.46. The molecule has 0 spiro atoms. The van der Waals surface area contributed by atoms with Gasteiger partial charge in [-0.3, -0.25) is 0 Å². The van der Waals surface area contributed by atoms with Crippen molar-refractivity contribution in [1.29, 1.82) is 0 Å². The van der Waals surface area contributed by atoms with E-state index >= 15 is 0 Å². The Kier molecular flexibility index (Phi) is 5.26. The molecule has 0 bridgehead atoms. The molecule has 0 saturated heterocycles. The third kappa shape index (κ3) is 3.49. The van der Waals surface area contributed by atoms with Crippen molar-refractivity contribution in [2.24, 2.45) is 11.7 Å². The molecule has 0 radical (unpaired) electrons. The number of hydrogen-bond donors (Lipinski definition) is 1. The van der Waals surface area contributed by atoms with E-state index in [4.69, 9.17) is 5.73 Å². The Bertz CT molecular complexity index is 310. The molecule has 0 fully saturated rings. The fourth-order valence-electron chi connectivity index (χ4n) is 1.87. The summed E-state index contributed by atoms with van der Waals surface area (Å²) in [5.74, 6) is 1.75. The second kappa shape index (κ2) is 6.48. The summed E-state index contributed by atoms with van der Waals surface area (Å²) in [4.78, 5) is 6.82. The van der Waals surface area contributed by atoms with Crippen molar-refractivity contribution >= 4 is 5.82 Å². The lowest BCUT2D eigenvalue weighted by molar-refractivity contribution is 0.612. The van der Waals surface area contributed by atoms with Crippen LogP contribution in [0.4, 0.5) is 5.82 Å². The van der Waals surface area contributed by atoms with Gasteiger partial charge in [0.05, 0.1) is 0 Å². The van der Waals surface area contributed by atoms with Crippen LogP contribution in [0, 0.1) is 5.92 Å². The summed E-state index contributed by atoms with van der Waals surface area (Å²) in [6.07, 6.45) is 2.76. The summed E-state index contributed by atoms with van der Waals surface area (Å²) in [5, 5.41) is 0. The maximum Gasteiger partial charge on any atom is 0.131 e. The monoisotopic (exact) mass is 221 g/mol. The molecule has 90 valence electrons. The van der Waals surface area contributed by atoms with Gasteiger partial charge in [0.15, 0.2) is 0 Å². The number of nitrogens with two attached hydrogens (primary N) is 1. The number of aromatic nitrogens is 1. The lowest BCUT2D eigenvalue weighted by atomic mass is 10.1. The van der Waals surface area contributed by atoms with Gasteiger partial charge in [-0.25, -0.2) is 4.98 Å². The molecule has 16 heavy (non-hydrogen) atoms. The standard InChI is InChI=1S/C13H23N3/c1-4-16(10-11(2)3)13-12(7-8-14)6-5-9-15-13/h5-6,9,11H,4,7-8,10,14H2,1-3H3. The van der Waals surface area contributed by atoms with E-state index < -0.39 is 0 Å². The Morgan fingerprint density at radius 1 is 1.44 bits per heavy atom. The van der Waals surface area contributed by atoms with E-state index in [1.165, 1.54) is 5.56 Å². The van der Waals surface area contributed by atoms with Gasteiger partial charge < -0.3 is 10.6 Å². The second-order valence-corrected chi connectivity index (χ2v) is 4.46. The average molecular weight is 221 g/mol. The van der Waals surface area contributed by atoms with Crippen LogP contribution in [0.25, 0.3) is 0 Å².